The molecule has 0 bridgehead atoms. The van der Waals surface area contributed by atoms with Gasteiger partial charge in [-0.15, -0.1) is 0 Å². The van der Waals surface area contributed by atoms with Gasteiger partial charge in [-0.05, 0) is 35.4 Å². The van der Waals surface area contributed by atoms with Crippen molar-refractivity contribution in [1.82, 2.24) is 0 Å². The lowest BCUT2D eigenvalue weighted by Gasteiger charge is -2.34. The SMILES string of the molecule is CC(C)(C)Cc1ccc2c(c1)C(N)CCN2CC(=O)c1ccccc1. The van der Waals surface area contributed by atoms with Crippen LogP contribution in [0.5, 0.6) is 0 Å². The number of nitrogens with zero attached hydrogens (tertiary/aromatic N) is 1. The van der Waals surface area contributed by atoms with Crippen LogP contribution >= 0.6 is 0 Å². The van der Waals surface area contributed by atoms with Gasteiger partial charge in [0.2, 0.25) is 0 Å². The Morgan fingerprint density at radius 2 is 1.88 bits per heavy atom. The van der Waals surface area contributed by atoms with Crippen LogP contribution in [0.1, 0.15) is 54.7 Å². The minimum Gasteiger partial charge on any atom is -0.363 e. The molecule has 0 saturated carbocycles. The molecule has 0 fully saturated rings. The Hall–Kier alpha value is -2.13. The van der Waals surface area contributed by atoms with Crippen molar-refractivity contribution in [2.75, 3.05) is 18.0 Å². The van der Waals surface area contributed by atoms with Gasteiger partial charge in [-0.2, -0.15) is 0 Å². The topological polar surface area (TPSA) is 46.3 Å². The quantitative estimate of drug-likeness (QED) is 0.844. The average molecular weight is 336 g/mol. The molecule has 1 heterocycles. The number of hydrogen-bond donors (Lipinski definition) is 1. The second kappa shape index (κ2) is 7.01. The lowest BCUT2D eigenvalue weighted by Crippen LogP contribution is -2.37. The van der Waals surface area contributed by atoms with Crippen molar-refractivity contribution in [3.63, 3.8) is 0 Å². The highest BCUT2D eigenvalue weighted by Gasteiger charge is 2.25. The van der Waals surface area contributed by atoms with E-state index in [1.54, 1.807) is 0 Å². The van der Waals surface area contributed by atoms with Crippen molar-refractivity contribution in [2.24, 2.45) is 11.1 Å². The number of nitrogens with two attached hydrogens (primary N) is 1. The van der Waals surface area contributed by atoms with E-state index >= 15 is 0 Å². The van der Waals surface area contributed by atoms with Crippen LogP contribution in [0.4, 0.5) is 5.69 Å². The minimum absolute atomic E-state index is 0.0537. The van der Waals surface area contributed by atoms with E-state index in [1.165, 1.54) is 11.1 Å². The number of fused-ring (bicyclic) bond motifs is 1. The molecule has 1 unspecified atom stereocenters. The van der Waals surface area contributed by atoms with Gasteiger partial charge in [0.1, 0.15) is 0 Å². The third-order valence-corrected chi connectivity index (χ3v) is 4.71. The molecule has 3 nitrogen and oxygen atoms in total. The molecule has 0 radical (unpaired) electrons. The molecule has 0 spiro atoms. The lowest BCUT2D eigenvalue weighted by atomic mass is 9.86. The largest absolute Gasteiger partial charge is 0.363 e. The fourth-order valence-electron chi connectivity index (χ4n) is 3.54. The fraction of sp³-hybridized carbons (Fsp3) is 0.409. The summed E-state index contributed by atoms with van der Waals surface area (Å²) in [5.41, 5.74) is 11.0. The monoisotopic (exact) mass is 336 g/mol. The van der Waals surface area contributed by atoms with Crippen LogP contribution in [0.25, 0.3) is 0 Å². The number of carbonyl (C=O) groups is 1. The van der Waals surface area contributed by atoms with E-state index in [9.17, 15) is 4.79 Å². The van der Waals surface area contributed by atoms with E-state index in [0.717, 1.165) is 30.6 Å². The lowest BCUT2D eigenvalue weighted by molar-refractivity contribution is 0.0998. The third kappa shape index (κ3) is 4.29. The second-order valence-corrected chi connectivity index (χ2v) is 8.24. The molecule has 3 rings (SSSR count). The van der Waals surface area contributed by atoms with Crippen molar-refractivity contribution in [1.29, 1.82) is 0 Å². The zero-order valence-electron chi connectivity index (χ0n) is 15.5. The van der Waals surface area contributed by atoms with Gasteiger partial charge in [-0.25, -0.2) is 0 Å². The Balaban J connectivity index is 1.83. The van der Waals surface area contributed by atoms with Crippen LogP contribution in [-0.2, 0) is 6.42 Å². The predicted molar refractivity (Wildman–Crippen MR) is 104 cm³/mol. The molecule has 2 aromatic rings. The second-order valence-electron chi connectivity index (χ2n) is 8.24. The molecule has 0 aromatic heterocycles. The molecule has 132 valence electrons. The van der Waals surface area contributed by atoms with Gasteiger partial charge in [0.15, 0.2) is 5.78 Å². The average Bonchev–Trinajstić information content (AvgIpc) is 2.57. The number of hydrogen-bond acceptors (Lipinski definition) is 3. The molecule has 0 saturated heterocycles. The highest BCUT2D eigenvalue weighted by Crippen LogP contribution is 2.34. The molecular formula is C22H28N2O. The standard InChI is InChI=1S/C22H28N2O/c1-22(2,3)14-16-9-10-20-18(13-16)19(23)11-12-24(20)15-21(25)17-7-5-4-6-8-17/h4-10,13,19H,11-12,14-15,23H2,1-3H3. The Bertz CT molecular complexity index is 746. The summed E-state index contributed by atoms with van der Waals surface area (Å²) in [4.78, 5) is 14.8. The van der Waals surface area contributed by atoms with Crippen LogP contribution < -0.4 is 10.6 Å². The smallest absolute Gasteiger partial charge is 0.182 e. The van der Waals surface area contributed by atoms with E-state index in [4.69, 9.17) is 5.73 Å². The van der Waals surface area contributed by atoms with E-state index in [0.29, 0.717) is 6.54 Å². The first-order chi connectivity index (χ1) is 11.8. The van der Waals surface area contributed by atoms with Gasteiger partial charge in [0.05, 0.1) is 6.54 Å². The summed E-state index contributed by atoms with van der Waals surface area (Å²) in [6.45, 7) is 7.97. The van der Waals surface area contributed by atoms with E-state index in [2.05, 4.69) is 43.9 Å². The van der Waals surface area contributed by atoms with Crippen molar-refractivity contribution in [3.8, 4) is 0 Å². The molecule has 2 aromatic carbocycles. The van der Waals surface area contributed by atoms with Crippen molar-refractivity contribution < 1.29 is 4.79 Å². The first kappa shape index (κ1) is 17.7. The minimum atomic E-state index is 0.0537. The van der Waals surface area contributed by atoms with Gasteiger partial charge in [0, 0.05) is 23.8 Å². The molecule has 0 amide bonds. The normalized spacial score (nSPS) is 17.3. The molecule has 1 aliphatic rings. The number of anilines is 1. The highest BCUT2D eigenvalue weighted by molar-refractivity contribution is 5.99. The van der Waals surface area contributed by atoms with Gasteiger partial charge in [-0.1, -0.05) is 63.2 Å². The van der Waals surface area contributed by atoms with E-state index in [-0.39, 0.29) is 17.2 Å². The highest BCUT2D eigenvalue weighted by atomic mass is 16.1. The molecule has 3 heteroatoms. The van der Waals surface area contributed by atoms with Crippen LogP contribution in [0.15, 0.2) is 48.5 Å². The van der Waals surface area contributed by atoms with Crippen molar-refractivity contribution in [3.05, 3.63) is 65.2 Å². The van der Waals surface area contributed by atoms with Crippen LogP contribution in [0.3, 0.4) is 0 Å². The van der Waals surface area contributed by atoms with E-state index in [1.807, 2.05) is 30.3 Å². The molecular weight excluding hydrogens is 308 g/mol. The Kier molecular flexibility index (Phi) is 4.96. The number of carbonyl (C=O) groups excluding carboxylic acids is 1. The molecule has 1 atom stereocenters. The number of Topliss-reactive ketones (excluding diaryl/α,β-unsaturated/α-hetero) is 1. The van der Waals surface area contributed by atoms with Gasteiger partial charge in [0.25, 0.3) is 0 Å². The zero-order valence-corrected chi connectivity index (χ0v) is 15.5. The van der Waals surface area contributed by atoms with Crippen LogP contribution in [0, 0.1) is 5.41 Å². The van der Waals surface area contributed by atoms with Crippen molar-refractivity contribution >= 4 is 11.5 Å². The summed E-state index contributed by atoms with van der Waals surface area (Å²) in [7, 11) is 0. The maximum Gasteiger partial charge on any atom is 0.182 e. The first-order valence-corrected chi connectivity index (χ1v) is 9.05. The third-order valence-electron chi connectivity index (χ3n) is 4.71. The summed E-state index contributed by atoms with van der Waals surface area (Å²) in [6.07, 6.45) is 1.91. The number of benzene rings is 2. The number of ketones is 1. The van der Waals surface area contributed by atoms with Gasteiger partial charge >= 0.3 is 0 Å². The van der Waals surface area contributed by atoms with Crippen LogP contribution in [0.2, 0.25) is 0 Å². The summed E-state index contributed by atoms with van der Waals surface area (Å²) in [6, 6.07) is 16.1. The van der Waals surface area contributed by atoms with Gasteiger partial charge < -0.3 is 10.6 Å². The molecule has 0 aliphatic carbocycles. The van der Waals surface area contributed by atoms with Crippen molar-refractivity contribution in [2.45, 2.75) is 39.7 Å². The maximum absolute atomic E-state index is 12.6. The van der Waals surface area contributed by atoms with E-state index < -0.39 is 0 Å². The maximum atomic E-state index is 12.6. The summed E-state index contributed by atoms with van der Waals surface area (Å²) >= 11 is 0. The van der Waals surface area contributed by atoms with Gasteiger partial charge in [-0.3, -0.25) is 4.79 Å². The molecule has 25 heavy (non-hydrogen) atoms. The Labute approximate surface area is 150 Å². The molecule has 2 N–H and O–H groups in total. The van der Waals surface area contributed by atoms with Crippen LogP contribution in [-0.4, -0.2) is 18.9 Å². The summed E-state index contributed by atoms with van der Waals surface area (Å²) in [5, 5.41) is 0. The predicted octanol–water partition coefficient (Wildman–Crippen LogP) is 4.37. The number of rotatable bonds is 4. The first-order valence-electron chi connectivity index (χ1n) is 9.05. The summed E-state index contributed by atoms with van der Waals surface area (Å²) < 4.78 is 0. The Morgan fingerprint density at radius 1 is 1.16 bits per heavy atom. The fourth-order valence-corrected chi connectivity index (χ4v) is 3.54. The summed E-state index contributed by atoms with van der Waals surface area (Å²) in [5.74, 6) is 0.154. The molecule has 1 aliphatic heterocycles. The zero-order chi connectivity index (χ0) is 18.0. The Morgan fingerprint density at radius 3 is 2.56 bits per heavy atom.